The number of carbonyl (C=O) groups is 1. The highest BCUT2D eigenvalue weighted by atomic mass is 19.1. The van der Waals surface area contributed by atoms with E-state index in [4.69, 9.17) is 4.74 Å². The minimum Gasteiger partial charge on any atom is -0.497 e. The van der Waals surface area contributed by atoms with Crippen molar-refractivity contribution < 1.29 is 13.9 Å². The van der Waals surface area contributed by atoms with Gasteiger partial charge in [-0.2, -0.15) is 0 Å². The molecular weight excluding hydrogens is 451 g/mol. The first-order valence-corrected chi connectivity index (χ1v) is 12.7. The third-order valence-electron chi connectivity index (χ3n) is 7.19. The van der Waals surface area contributed by atoms with Crippen LogP contribution >= 0.6 is 0 Å². The summed E-state index contributed by atoms with van der Waals surface area (Å²) in [6.07, 6.45) is 7.48. The van der Waals surface area contributed by atoms with E-state index in [0.717, 1.165) is 35.5 Å². The van der Waals surface area contributed by atoms with Crippen molar-refractivity contribution in [3.8, 4) is 5.75 Å². The zero-order valence-corrected chi connectivity index (χ0v) is 20.7. The molecule has 1 aliphatic heterocycles. The Bertz CT molecular complexity index is 1170. The molecule has 0 spiro atoms. The monoisotopic (exact) mass is 484 g/mol. The minimum absolute atomic E-state index is 0.106. The quantitative estimate of drug-likeness (QED) is 0.379. The number of hydrogen-bond donors (Lipinski definition) is 0. The highest BCUT2D eigenvalue weighted by Crippen LogP contribution is 2.34. The van der Waals surface area contributed by atoms with Crippen LogP contribution in [0.25, 0.3) is 0 Å². The number of amides is 1. The van der Waals surface area contributed by atoms with Crippen LogP contribution in [0.2, 0.25) is 0 Å². The number of methoxy groups -OCH3 is 1. The number of rotatable bonds is 8. The fourth-order valence-electron chi connectivity index (χ4n) is 4.98. The van der Waals surface area contributed by atoms with E-state index in [1.807, 2.05) is 47.4 Å². The summed E-state index contributed by atoms with van der Waals surface area (Å²) in [5.74, 6) is 1.28. The van der Waals surface area contributed by atoms with Crippen molar-refractivity contribution in [2.45, 2.75) is 37.9 Å². The molecule has 5 rings (SSSR count). The summed E-state index contributed by atoms with van der Waals surface area (Å²) >= 11 is 0. The minimum atomic E-state index is -0.276. The lowest BCUT2D eigenvalue weighted by Gasteiger charge is -2.39. The van der Waals surface area contributed by atoms with Crippen LogP contribution in [0.3, 0.4) is 0 Å². The number of nitrogens with zero attached hydrogens (tertiary/aromatic N) is 2. The molecule has 1 saturated carbocycles. The van der Waals surface area contributed by atoms with Gasteiger partial charge in [-0.05, 0) is 66.1 Å². The van der Waals surface area contributed by atoms with Crippen LogP contribution in [0.1, 0.15) is 35.6 Å². The van der Waals surface area contributed by atoms with Crippen molar-refractivity contribution >= 4 is 5.91 Å². The lowest BCUT2D eigenvalue weighted by molar-refractivity contribution is -0.139. The van der Waals surface area contributed by atoms with Gasteiger partial charge < -0.3 is 9.64 Å². The van der Waals surface area contributed by atoms with Crippen LogP contribution in [0.4, 0.5) is 4.39 Å². The Morgan fingerprint density at radius 1 is 0.917 bits per heavy atom. The van der Waals surface area contributed by atoms with E-state index in [9.17, 15) is 9.18 Å². The Morgan fingerprint density at radius 3 is 2.31 bits per heavy atom. The van der Waals surface area contributed by atoms with Gasteiger partial charge in [0.1, 0.15) is 11.6 Å². The number of benzene rings is 3. The van der Waals surface area contributed by atoms with Crippen LogP contribution in [0.5, 0.6) is 5.75 Å². The molecule has 4 nitrogen and oxygen atoms in total. The SMILES string of the molecule is COc1ccc([C@H]2/C=C\CN(CC3CC3)[C@@H](Cc3ccccc3)C(=O)N2Cc2ccc(F)cc2)cc1. The second-order valence-corrected chi connectivity index (χ2v) is 9.84. The Labute approximate surface area is 213 Å². The summed E-state index contributed by atoms with van der Waals surface area (Å²) in [5, 5.41) is 0. The first-order valence-electron chi connectivity index (χ1n) is 12.7. The largest absolute Gasteiger partial charge is 0.497 e. The van der Waals surface area contributed by atoms with Gasteiger partial charge >= 0.3 is 0 Å². The zero-order valence-electron chi connectivity index (χ0n) is 20.7. The smallest absolute Gasteiger partial charge is 0.241 e. The van der Waals surface area contributed by atoms with E-state index in [0.29, 0.717) is 18.9 Å². The van der Waals surface area contributed by atoms with E-state index >= 15 is 0 Å². The van der Waals surface area contributed by atoms with E-state index in [-0.39, 0.29) is 23.8 Å². The predicted octanol–water partition coefficient (Wildman–Crippen LogP) is 5.80. The van der Waals surface area contributed by atoms with Gasteiger partial charge in [0.15, 0.2) is 0 Å². The van der Waals surface area contributed by atoms with Crippen molar-refractivity contribution in [2.75, 3.05) is 20.2 Å². The van der Waals surface area contributed by atoms with Gasteiger partial charge in [-0.25, -0.2) is 4.39 Å². The number of halogens is 1. The molecule has 2 atom stereocenters. The molecule has 0 N–H and O–H groups in total. The maximum Gasteiger partial charge on any atom is 0.241 e. The molecule has 1 heterocycles. The van der Waals surface area contributed by atoms with E-state index in [2.05, 4.69) is 29.2 Å². The Hall–Kier alpha value is -3.44. The molecule has 36 heavy (non-hydrogen) atoms. The third-order valence-corrected chi connectivity index (χ3v) is 7.19. The van der Waals surface area contributed by atoms with Gasteiger partial charge in [-0.1, -0.05) is 66.7 Å². The molecule has 0 saturated heterocycles. The van der Waals surface area contributed by atoms with E-state index < -0.39 is 0 Å². The summed E-state index contributed by atoms with van der Waals surface area (Å²) in [6.45, 7) is 2.09. The van der Waals surface area contributed by atoms with Gasteiger partial charge in [-0.3, -0.25) is 9.69 Å². The average Bonchev–Trinajstić information content (AvgIpc) is 3.73. The molecule has 0 radical (unpaired) electrons. The van der Waals surface area contributed by atoms with Gasteiger partial charge in [0, 0.05) is 19.6 Å². The summed E-state index contributed by atoms with van der Waals surface area (Å²) in [4.78, 5) is 18.8. The van der Waals surface area contributed by atoms with Crippen LogP contribution in [-0.2, 0) is 17.8 Å². The Morgan fingerprint density at radius 2 is 1.64 bits per heavy atom. The maximum absolute atomic E-state index is 14.4. The standard InChI is InChI=1S/C31H33FN2O2/c1-36-28-17-13-26(14-18-28)29-8-5-19-33(21-24-9-10-24)30(20-23-6-3-2-4-7-23)31(35)34(29)22-25-11-15-27(32)16-12-25/h2-8,11-18,24,29-30H,9-10,19-22H2,1H3/b8-5-/t29-,30+/m1/s1. The molecule has 1 fully saturated rings. The summed E-state index contributed by atoms with van der Waals surface area (Å²) in [5.41, 5.74) is 3.09. The zero-order chi connectivity index (χ0) is 24.9. The Balaban J connectivity index is 1.53. The summed E-state index contributed by atoms with van der Waals surface area (Å²) in [6, 6.07) is 24.2. The number of carbonyl (C=O) groups excluding carboxylic acids is 1. The van der Waals surface area contributed by atoms with Gasteiger partial charge in [0.2, 0.25) is 5.91 Å². The van der Waals surface area contributed by atoms with Crippen molar-refractivity contribution in [1.29, 1.82) is 0 Å². The molecule has 5 heteroatoms. The molecular formula is C31H33FN2O2. The summed E-state index contributed by atoms with van der Waals surface area (Å²) < 4.78 is 19.0. The van der Waals surface area contributed by atoms with Crippen molar-refractivity contribution in [2.24, 2.45) is 5.92 Å². The van der Waals surface area contributed by atoms with Crippen molar-refractivity contribution in [1.82, 2.24) is 9.80 Å². The normalized spacial score (nSPS) is 21.6. The van der Waals surface area contributed by atoms with E-state index in [1.165, 1.54) is 25.0 Å². The molecule has 1 amide bonds. The highest BCUT2D eigenvalue weighted by Gasteiger charge is 2.37. The molecule has 3 aromatic rings. The van der Waals surface area contributed by atoms with E-state index in [1.54, 1.807) is 19.2 Å². The van der Waals surface area contributed by atoms with Gasteiger partial charge in [0.05, 0.1) is 19.2 Å². The predicted molar refractivity (Wildman–Crippen MR) is 140 cm³/mol. The van der Waals surface area contributed by atoms with Crippen LogP contribution < -0.4 is 4.74 Å². The molecule has 186 valence electrons. The topological polar surface area (TPSA) is 32.8 Å². The van der Waals surface area contributed by atoms with Gasteiger partial charge in [0.25, 0.3) is 0 Å². The first kappa shape index (κ1) is 24.3. The number of hydrogen-bond acceptors (Lipinski definition) is 3. The van der Waals surface area contributed by atoms with Crippen molar-refractivity contribution in [3.63, 3.8) is 0 Å². The van der Waals surface area contributed by atoms with Crippen LogP contribution in [0, 0.1) is 11.7 Å². The molecule has 3 aromatic carbocycles. The van der Waals surface area contributed by atoms with Crippen LogP contribution in [-0.4, -0.2) is 41.9 Å². The highest BCUT2D eigenvalue weighted by molar-refractivity contribution is 5.83. The second-order valence-electron chi connectivity index (χ2n) is 9.84. The fraction of sp³-hybridized carbons (Fsp3) is 0.323. The molecule has 0 bridgehead atoms. The molecule has 0 unspecified atom stereocenters. The summed E-state index contributed by atoms with van der Waals surface area (Å²) in [7, 11) is 1.65. The second kappa shape index (κ2) is 11.1. The first-order chi connectivity index (χ1) is 17.6. The van der Waals surface area contributed by atoms with Crippen molar-refractivity contribution in [3.05, 3.63) is 114 Å². The Kier molecular flexibility index (Phi) is 7.47. The molecule has 1 aliphatic carbocycles. The third kappa shape index (κ3) is 5.85. The lowest BCUT2D eigenvalue weighted by Crippen LogP contribution is -2.52. The maximum atomic E-state index is 14.4. The fourth-order valence-corrected chi connectivity index (χ4v) is 4.98. The van der Waals surface area contributed by atoms with Gasteiger partial charge in [-0.15, -0.1) is 0 Å². The average molecular weight is 485 g/mol. The lowest BCUT2D eigenvalue weighted by atomic mass is 9.97. The molecule has 2 aliphatic rings. The number of ether oxygens (including phenoxy) is 1. The van der Waals surface area contributed by atoms with Crippen LogP contribution in [0.15, 0.2) is 91.0 Å². The molecule has 0 aromatic heterocycles.